The Morgan fingerprint density at radius 3 is 2.39 bits per heavy atom. The average molecular weight is 424 g/mol. The number of rotatable bonds is 13. The molecule has 6 heteroatoms. The monoisotopic (exact) mass is 424 g/mol. The van der Waals surface area contributed by atoms with Crippen LogP contribution in [0.4, 0.5) is 0 Å². The van der Waals surface area contributed by atoms with E-state index < -0.39 is 11.8 Å². The van der Waals surface area contributed by atoms with E-state index in [4.69, 9.17) is 9.47 Å². The minimum absolute atomic E-state index is 0.0549. The fraction of sp³-hybridized carbons (Fsp3) is 0.360. The summed E-state index contributed by atoms with van der Waals surface area (Å²) in [6, 6.07) is 11.0. The van der Waals surface area contributed by atoms with Gasteiger partial charge in [-0.15, -0.1) is 0 Å². The van der Waals surface area contributed by atoms with Crippen molar-refractivity contribution < 1.29 is 28.7 Å². The van der Waals surface area contributed by atoms with Crippen LogP contribution in [-0.2, 0) is 9.53 Å². The van der Waals surface area contributed by atoms with Gasteiger partial charge in [0.25, 0.3) is 0 Å². The molecule has 0 heterocycles. The van der Waals surface area contributed by atoms with Crippen LogP contribution < -0.4 is 4.74 Å². The lowest BCUT2D eigenvalue weighted by Crippen LogP contribution is -2.12. The maximum atomic E-state index is 13.2. The molecule has 0 aliphatic heterocycles. The van der Waals surface area contributed by atoms with Crippen LogP contribution >= 0.6 is 0 Å². The summed E-state index contributed by atoms with van der Waals surface area (Å²) in [6.07, 6.45) is 6.17. The maximum absolute atomic E-state index is 13.2. The van der Waals surface area contributed by atoms with Crippen molar-refractivity contribution in [3.05, 3.63) is 64.7 Å². The zero-order valence-corrected chi connectivity index (χ0v) is 18.0. The van der Waals surface area contributed by atoms with E-state index in [9.17, 15) is 19.2 Å². The Balaban J connectivity index is 2.29. The van der Waals surface area contributed by atoms with Gasteiger partial charge in [-0.1, -0.05) is 56.9 Å². The summed E-state index contributed by atoms with van der Waals surface area (Å²) in [4.78, 5) is 48.2. The minimum Gasteiger partial charge on any atom is -0.457 e. The number of carbonyl (C=O) groups excluding carboxylic acids is 4. The van der Waals surface area contributed by atoms with Crippen molar-refractivity contribution in [2.24, 2.45) is 0 Å². The van der Waals surface area contributed by atoms with Crippen LogP contribution in [-0.4, -0.2) is 30.6 Å². The number of esters is 1. The topological polar surface area (TPSA) is 86.7 Å². The number of hydrogen-bond acceptors (Lipinski definition) is 6. The number of Topliss-reactive ketones (excluding diaryl/α,β-unsaturated/α-hetero) is 1. The van der Waals surface area contributed by atoms with Crippen molar-refractivity contribution in [1.82, 2.24) is 0 Å². The first-order chi connectivity index (χ1) is 15.0. The van der Waals surface area contributed by atoms with Gasteiger partial charge in [0.05, 0.1) is 5.56 Å². The molecule has 0 N–H and O–H groups in total. The zero-order chi connectivity index (χ0) is 22.6. The highest BCUT2D eigenvalue weighted by Gasteiger charge is 2.20. The second-order valence-electron chi connectivity index (χ2n) is 7.23. The Kier molecular flexibility index (Phi) is 9.62. The third-order valence-electron chi connectivity index (χ3n) is 4.86. The lowest BCUT2D eigenvalue weighted by atomic mass is 9.95. The second kappa shape index (κ2) is 12.4. The lowest BCUT2D eigenvalue weighted by molar-refractivity contribution is -0.147. The van der Waals surface area contributed by atoms with Crippen molar-refractivity contribution in [2.45, 2.75) is 52.4 Å². The van der Waals surface area contributed by atoms with E-state index in [0.29, 0.717) is 18.3 Å². The van der Waals surface area contributed by atoms with Gasteiger partial charge in [0.15, 0.2) is 17.9 Å². The van der Waals surface area contributed by atoms with E-state index in [1.807, 2.05) is 0 Å². The standard InChI is InChI=1S/C25H28O6/c1-3-4-5-6-7-12-23(28)19-13-14-24(31-17-30-18(2)27)22(15-19)25(29)21-11-9-8-10-20(21)16-26/h8-11,13-16H,3-7,12,17H2,1-2H3. The van der Waals surface area contributed by atoms with Gasteiger partial charge in [0.2, 0.25) is 6.79 Å². The Morgan fingerprint density at radius 2 is 1.68 bits per heavy atom. The van der Waals surface area contributed by atoms with Gasteiger partial charge in [-0.05, 0) is 24.6 Å². The predicted octanol–water partition coefficient (Wildman–Crippen LogP) is 5.17. The van der Waals surface area contributed by atoms with E-state index >= 15 is 0 Å². The van der Waals surface area contributed by atoms with Crippen LogP contribution in [0.2, 0.25) is 0 Å². The lowest BCUT2D eigenvalue weighted by Gasteiger charge is -2.13. The summed E-state index contributed by atoms with van der Waals surface area (Å²) < 4.78 is 10.3. The van der Waals surface area contributed by atoms with Crippen LogP contribution in [0.1, 0.15) is 89.0 Å². The number of carbonyl (C=O) groups is 4. The molecule has 0 atom stereocenters. The van der Waals surface area contributed by atoms with Gasteiger partial charge < -0.3 is 9.47 Å². The predicted molar refractivity (Wildman–Crippen MR) is 117 cm³/mol. The molecule has 2 aromatic carbocycles. The van der Waals surface area contributed by atoms with Crippen LogP contribution in [0.25, 0.3) is 0 Å². The van der Waals surface area contributed by atoms with Gasteiger partial charge in [-0.3, -0.25) is 19.2 Å². The fourth-order valence-corrected chi connectivity index (χ4v) is 3.17. The maximum Gasteiger partial charge on any atom is 0.305 e. The third kappa shape index (κ3) is 7.17. The summed E-state index contributed by atoms with van der Waals surface area (Å²) in [5.74, 6) is -0.848. The Hall–Kier alpha value is -3.28. The largest absolute Gasteiger partial charge is 0.457 e. The van der Waals surface area contributed by atoms with Crippen molar-refractivity contribution in [3.63, 3.8) is 0 Å². The molecule has 31 heavy (non-hydrogen) atoms. The minimum atomic E-state index is -0.519. The van der Waals surface area contributed by atoms with Gasteiger partial charge >= 0.3 is 5.97 Å². The molecule has 0 bridgehead atoms. The van der Waals surface area contributed by atoms with E-state index in [1.165, 1.54) is 19.1 Å². The molecule has 0 unspecified atom stereocenters. The van der Waals surface area contributed by atoms with E-state index in [1.54, 1.807) is 30.3 Å². The number of unbranched alkanes of at least 4 members (excludes halogenated alkanes) is 4. The highest BCUT2D eigenvalue weighted by molar-refractivity contribution is 6.15. The van der Waals surface area contributed by atoms with Crippen molar-refractivity contribution in [3.8, 4) is 5.75 Å². The highest BCUT2D eigenvalue weighted by atomic mass is 16.7. The number of benzene rings is 2. The molecular weight excluding hydrogens is 396 g/mol. The van der Waals surface area contributed by atoms with E-state index in [-0.39, 0.29) is 35.0 Å². The first-order valence-corrected chi connectivity index (χ1v) is 10.5. The molecule has 164 valence electrons. The van der Waals surface area contributed by atoms with Crippen LogP contribution in [0.15, 0.2) is 42.5 Å². The summed E-state index contributed by atoms with van der Waals surface area (Å²) >= 11 is 0. The van der Waals surface area contributed by atoms with E-state index in [2.05, 4.69) is 6.92 Å². The van der Waals surface area contributed by atoms with Crippen molar-refractivity contribution >= 4 is 23.8 Å². The zero-order valence-electron chi connectivity index (χ0n) is 18.0. The molecule has 0 amide bonds. The number of hydrogen-bond donors (Lipinski definition) is 0. The van der Waals surface area contributed by atoms with E-state index in [0.717, 1.165) is 32.1 Å². The third-order valence-corrected chi connectivity index (χ3v) is 4.86. The molecule has 0 aliphatic carbocycles. The molecule has 0 saturated heterocycles. The first-order valence-electron chi connectivity index (χ1n) is 10.5. The van der Waals surface area contributed by atoms with Gasteiger partial charge in [-0.25, -0.2) is 0 Å². The Labute approximate surface area is 182 Å². The second-order valence-corrected chi connectivity index (χ2v) is 7.23. The molecule has 0 spiro atoms. The quantitative estimate of drug-likeness (QED) is 0.145. The molecule has 2 rings (SSSR count). The number of aldehydes is 1. The SMILES string of the molecule is CCCCCCCC(=O)c1ccc(OCOC(C)=O)c(C(=O)c2ccccc2C=O)c1. The fourth-order valence-electron chi connectivity index (χ4n) is 3.17. The normalized spacial score (nSPS) is 10.4. The molecule has 0 saturated carbocycles. The van der Waals surface area contributed by atoms with Gasteiger partial charge in [0, 0.05) is 30.0 Å². The Bertz CT molecular complexity index is 931. The summed E-state index contributed by atoms with van der Waals surface area (Å²) in [6.45, 7) is 3.02. The number of ether oxygens (including phenoxy) is 2. The summed E-state index contributed by atoms with van der Waals surface area (Å²) in [7, 11) is 0. The summed E-state index contributed by atoms with van der Waals surface area (Å²) in [5, 5.41) is 0. The van der Waals surface area contributed by atoms with Crippen molar-refractivity contribution in [1.29, 1.82) is 0 Å². The van der Waals surface area contributed by atoms with Gasteiger partial charge in [-0.2, -0.15) is 0 Å². The average Bonchev–Trinajstić information content (AvgIpc) is 2.78. The molecule has 0 radical (unpaired) electrons. The summed E-state index contributed by atoms with van der Waals surface area (Å²) in [5.41, 5.74) is 0.991. The molecular formula is C25H28O6. The molecule has 2 aromatic rings. The molecule has 0 aromatic heterocycles. The van der Waals surface area contributed by atoms with Crippen LogP contribution in [0.3, 0.4) is 0 Å². The first kappa shape index (κ1) is 24.0. The van der Waals surface area contributed by atoms with Crippen molar-refractivity contribution in [2.75, 3.05) is 6.79 Å². The molecule has 0 fully saturated rings. The Morgan fingerprint density at radius 1 is 0.935 bits per heavy atom. The van der Waals surface area contributed by atoms with Crippen LogP contribution in [0.5, 0.6) is 5.75 Å². The molecule has 6 nitrogen and oxygen atoms in total. The van der Waals surface area contributed by atoms with Crippen LogP contribution in [0, 0.1) is 0 Å². The van der Waals surface area contributed by atoms with Gasteiger partial charge in [0.1, 0.15) is 5.75 Å². The number of ketones is 2. The highest BCUT2D eigenvalue weighted by Crippen LogP contribution is 2.26. The molecule has 0 aliphatic rings. The smallest absolute Gasteiger partial charge is 0.305 e.